The number of hydrogen-bond acceptors (Lipinski definition) is 4. The number of aliphatic carboxylic acids is 1. The maximum absolute atomic E-state index is 11.3. The summed E-state index contributed by atoms with van der Waals surface area (Å²) in [4.78, 5) is 23.8. The number of carbonyl (C=O) groups is 2. The first-order chi connectivity index (χ1) is 8.11. The summed E-state index contributed by atoms with van der Waals surface area (Å²) in [6.45, 7) is 4.32. The van der Waals surface area contributed by atoms with E-state index in [0.717, 1.165) is 32.4 Å². The molecule has 1 fully saturated rings. The number of likely N-dealkylation sites (tertiary alicyclic amines) is 1. The van der Waals surface area contributed by atoms with Gasteiger partial charge in [0.1, 0.15) is 0 Å². The Labute approximate surface area is 102 Å². The predicted octanol–water partition coefficient (Wildman–Crippen LogP) is 1.13. The molecule has 0 aromatic heterocycles. The number of piperidine rings is 1. The van der Waals surface area contributed by atoms with E-state index in [1.54, 1.807) is 6.92 Å². The molecule has 1 aliphatic rings. The monoisotopic (exact) mass is 243 g/mol. The minimum Gasteiger partial charge on any atom is -0.481 e. The highest BCUT2D eigenvalue weighted by Crippen LogP contribution is 2.21. The van der Waals surface area contributed by atoms with Crippen LogP contribution in [0.15, 0.2) is 0 Å². The molecule has 1 rings (SSSR count). The topological polar surface area (TPSA) is 66.8 Å². The summed E-state index contributed by atoms with van der Waals surface area (Å²) in [5, 5.41) is 8.60. The van der Waals surface area contributed by atoms with Gasteiger partial charge in [-0.25, -0.2) is 0 Å². The molecular formula is C12H21NO4. The Balaban J connectivity index is 2.17. The van der Waals surface area contributed by atoms with Crippen LogP contribution in [-0.2, 0) is 14.3 Å². The molecule has 5 heteroatoms. The van der Waals surface area contributed by atoms with Crippen LogP contribution in [-0.4, -0.2) is 48.2 Å². The van der Waals surface area contributed by atoms with Crippen molar-refractivity contribution in [1.82, 2.24) is 4.90 Å². The lowest BCUT2D eigenvalue weighted by Crippen LogP contribution is -2.38. The average Bonchev–Trinajstić information content (AvgIpc) is 2.28. The minimum atomic E-state index is -0.723. The third-order valence-electron chi connectivity index (χ3n) is 3.13. The zero-order chi connectivity index (χ0) is 12.7. The Morgan fingerprint density at radius 1 is 1.35 bits per heavy atom. The number of carboxylic acids is 1. The van der Waals surface area contributed by atoms with Crippen LogP contribution >= 0.6 is 0 Å². The van der Waals surface area contributed by atoms with E-state index in [1.807, 2.05) is 0 Å². The van der Waals surface area contributed by atoms with Crippen LogP contribution in [0, 0.1) is 5.92 Å². The number of carbonyl (C=O) groups excluding carboxylic acids is 1. The standard InChI is InChI=1S/C12H21NO4/c1-2-17-12(16)9-13-7-5-10(6-8-13)3-4-11(14)15/h10H,2-9H2,1H3,(H,14,15). The molecule has 0 atom stereocenters. The molecule has 0 aliphatic carbocycles. The van der Waals surface area contributed by atoms with Crippen molar-refractivity contribution in [1.29, 1.82) is 0 Å². The summed E-state index contributed by atoms with van der Waals surface area (Å²) in [5.41, 5.74) is 0. The van der Waals surface area contributed by atoms with Gasteiger partial charge in [-0.05, 0) is 45.2 Å². The van der Waals surface area contributed by atoms with Crippen LogP contribution in [0.25, 0.3) is 0 Å². The van der Waals surface area contributed by atoms with Gasteiger partial charge in [-0.3, -0.25) is 14.5 Å². The lowest BCUT2D eigenvalue weighted by Gasteiger charge is -2.30. The summed E-state index contributed by atoms with van der Waals surface area (Å²) in [5.74, 6) is -0.403. The fourth-order valence-corrected chi connectivity index (χ4v) is 2.15. The Bertz CT molecular complexity index is 259. The zero-order valence-electron chi connectivity index (χ0n) is 10.4. The zero-order valence-corrected chi connectivity index (χ0v) is 10.4. The van der Waals surface area contributed by atoms with Gasteiger partial charge < -0.3 is 9.84 Å². The Hall–Kier alpha value is -1.10. The fraction of sp³-hybridized carbons (Fsp3) is 0.833. The summed E-state index contributed by atoms with van der Waals surface area (Å²) in [7, 11) is 0. The van der Waals surface area contributed by atoms with E-state index < -0.39 is 5.97 Å². The van der Waals surface area contributed by atoms with Crippen LogP contribution in [0.5, 0.6) is 0 Å². The van der Waals surface area contributed by atoms with E-state index in [0.29, 0.717) is 19.1 Å². The third-order valence-corrected chi connectivity index (χ3v) is 3.13. The van der Waals surface area contributed by atoms with E-state index in [-0.39, 0.29) is 12.4 Å². The van der Waals surface area contributed by atoms with Crippen molar-refractivity contribution in [2.75, 3.05) is 26.2 Å². The van der Waals surface area contributed by atoms with E-state index in [9.17, 15) is 9.59 Å². The molecule has 0 unspecified atom stereocenters. The van der Waals surface area contributed by atoms with Crippen LogP contribution in [0.2, 0.25) is 0 Å². The smallest absolute Gasteiger partial charge is 0.320 e. The first-order valence-corrected chi connectivity index (χ1v) is 6.21. The average molecular weight is 243 g/mol. The van der Waals surface area contributed by atoms with Crippen molar-refractivity contribution in [2.24, 2.45) is 5.92 Å². The van der Waals surface area contributed by atoms with Gasteiger partial charge in [0.05, 0.1) is 13.2 Å². The SMILES string of the molecule is CCOC(=O)CN1CCC(CCC(=O)O)CC1. The number of ether oxygens (including phenoxy) is 1. The molecule has 0 radical (unpaired) electrons. The van der Waals surface area contributed by atoms with Gasteiger partial charge in [-0.2, -0.15) is 0 Å². The number of esters is 1. The number of nitrogens with zero attached hydrogens (tertiary/aromatic N) is 1. The second-order valence-corrected chi connectivity index (χ2v) is 4.46. The molecule has 98 valence electrons. The molecule has 0 amide bonds. The Morgan fingerprint density at radius 2 is 2.00 bits per heavy atom. The highest BCUT2D eigenvalue weighted by atomic mass is 16.5. The molecule has 1 saturated heterocycles. The van der Waals surface area contributed by atoms with Gasteiger partial charge in [-0.15, -0.1) is 0 Å². The molecule has 0 bridgehead atoms. The molecule has 1 N–H and O–H groups in total. The summed E-state index contributed by atoms with van der Waals surface area (Å²) in [6, 6.07) is 0. The van der Waals surface area contributed by atoms with Crippen molar-refractivity contribution >= 4 is 11.9 Å². The number of carboxylic acid groups (broad SMARTS) is 1. The van der Waals surface area contributed by atoms with Gasteiger partial charge in [0.2, 0.25) is 0 Å². The molecule has 0 aromatic carbocycles. The number of hydrogen-bond donors (Lipinski definition) is 1. The van der Waals surface area contributed by atoms with Gasteiger partial charge >= 0.3 is 11.9 Å². The summed E-state index contributed by atoms with van der Waals surface area (Å²) < 4.78 is 4.89. The van der Waals surface area contributed by atoms with Gasteiger partial charge in [0.15, 0.2) is 0 Å². The summed E-state index contributed by atoms with van der Waals surface area (Å²) in [6.07, 6.45) is 2.96. The first kappa shape index (κ1) is 14.0. The third kappa shape index (κ3) is 5.68. The first-order valence-electron chi connectivity index (χ1n) is 6.21. The Morgan fingerprint density at radius 3 is 2.53 bits per heavy atom. The normalized spacial score (nSPS) is 17.9. The van der Waals surface area contributed by atoms with Crippen molar-refractivity contribution in [2.45, 2.75) is 32.6 Å². The Kier molecular flexibility index (Phi) is 5.97. The summed E-state index contributed by atoms with van der Waals surface area (Å²) >= 11 is 0. The largest absolute Gasteiger partial charge is 0.481 e. The van der Waals surface area contributed by atoms with Crippen molar-refractivity contribution in [3.63, 3.8) is 0 Å². The second-order valence-electron chi connectivity index (χ2n) is 4.46. The lowest BCUT2D eigenvalue weighted by molar-refractivity contribution is -0.144. The van der Waals surface area contributed by atoms with Crippen LogP contribution in [0.1, 0.15) is 32.6 Å². The maximum Gasteiger partial charge on any atom is 0.320 e. The second kappa shape index (κ2) is 7.27. The van der Waals surface area contributed by atoms with Crippen molar-refractivity contribution in [3.05, 3.63) is 0 Å². The van der Waals surface area contributed by atoms with E-state index in [1.165, 1.54) is 0 Å². The molecule has 17 heavy (non-hydrogen) atoms. The van der Waals surface area contributed by atoms with Crippen molar-refractivity contribution < 1.29 is 19.4 Å². The van der Waals surface area contributed by atoms with E-state index >= 15 is 0 Å². The molecule has 1 heterocycles. The van der Waals surface area contributed by atoms with Crippen LogP contribution < -0.4 is 0 Å². The van der Waals surface area contributed by atoms with Crippen LogP contribution in [0.3, 0.4) is 0 Å². The van der Waals surface area contributed by atoms with Gasteiger partial charge in [-0.1, -0.05) is 0 Å². The van der Waals surface area contributed by atoms with Gasteiger partial charge in [0.25, 0.3) is 0 Å². The van der Waals surface area contributed by atoms with E-state index in [4.69, 9.17) is 9.84 Å². The molecule has 0 saturated carbocycles. The van der Waals surface area contributed by atoms with E-state index in [2.05, 4.69) is 4.90 Å². The van der Waals surface area contributed by atoms with Crippen LogP contribution in [0.4, 0.5) is 0 Å². The maximum atomic E-state index is 11.3. The highest BCUT2D eigenvalue weighted by molar-refractivity contribution is 5.71. The predicted molar refractivity (Wildman–Crippen MR) is 62.7 cm³/mol. The molecule has 0 spiro atoms. The molecule has 1 aliphatic heterocycles. The quantitative estimate of drug-likeness (QED) is 0.708. The minimum absolute atomic E-state index is 0.170. The lowest BCUT2D eigenvalue weighted by atomic mass is 9.92. The van der Waals surface area contributed by atoms with Gasteiger partial charge in [0, 0.05) is 6.42 Å². The molecule has 5 nitrogen and oxygen atoms in total. The molecular weight excluding hydrogens is 222 g/mol. The number of rotatable bonds is 6. The molecule has 0 aromatic rings. The fourth-order valence-electron chi connectivity index (χ4n) is 2.15. The van der Waals surface area contributed by atoms with Crippen molar-refractivity contribution in [3.8, 4) is 0 Å². The highest BCUT2D eigenvalue weighted by Gasteiger charge is 2.21.